The zero-order valence-electron chi connectivity index (χ0n) is 17.4. The van der Waals surface area contributed by atoms with Crippen LogP contribution in [0.25, 0.3) is 10.9 Å². The van der Waals surface area contributed by atoms with Gasteiger partial charge in [-0.05, 0) is 55.2 Å². The van der Waals surface area contributed by atoms with E-state index in [1.54, 1.807) is 0 Å². The largest absolute Gasteiger partial charge is 0.361 e. The van der Waals surface area contributed by atoms with Gasteiger partial charge in [0.15, 0.2) is 0 Å². The van der Waals surface area contributed by atoms with Gasteiger partial charge in [-0.15, -0.1) is 0 Å². The van der Waals surface area contributed by atoms with Crippen molar-refractivity contribution in [3.8, 4) is 0 Å². The Bertz CT molecular complexity index is 1040. The van der Waals surface area contributed by atoms with Crippen LogP contribution >= 0.6 is 0 Å². The van der Waals surface area contributed by atoms with Crippen LogP contribution in [0.15, 0.2) is 54.7 Å². The van der Waals surface area contributed by atoms with Crippen molar-refractivity contribution in [1.29, 1.82) is 0 Å². The summed E-state index contributed by atoms with van der Waals surface area (Å²) in [6, 6.07) is 13.8. The van der Waals surface area contributed by atoms with Crippen molar-refractivity contribution in [1.82, 2.24) is 20.5 Å². The summed E-state index contributed by atoms with van der Waals surface area (Å²) >= 11 is 0. The second kappa shape index (κ2) is 9.75. The first-order chi connectivity index (χ1) is 15.1. The molecular formula is C24H27FN4O2. The van der Waals surface area contributed by atoms with Gasteiger partial charge >= 0.3 is 0 Å². The lowest BCUT2D eigenvalue weighted by molar-refractivity contribution is -0.122. The number of hydrogen-bond acceptors (Lipinski definition) is 3. The standard InChI is InChI=1S/C24H27FN4O2/c25-19-7-5-17(6-8-19)24(31)28-20-10-13-29(14-11-20)16-23(30)26-12-9-18-15-27-22-4-2-1-3-21(18)22/h1-8,15,20,27H,9-14,16H2,(H,26,30)(H,28,31). The number of benzene rings is 2. The van der Waals surface area contributed by atoms with Crippen LogP contribution in [0.4, 0.5) is 4.39 Å². The molecule has 4 rings (SSSR count). The van der Waals surface area contributed by atoms with Gasteiger partial charge in [0.1, 0.15) is 5.82 Å². The van der Waals surface area contributed by atoms with Gasteiger partial charge in [0.2, 0.25) is 5.91 Å². The highest BCUT2D eigenvalue weighted by atomic mass is 19.1. The van der Waals surface area contributed by atoms with Crippen molar-refractivity contribution >= 4 is 22.7 Å². The van der Waals surface area contributed by atoms with Crippen LogP contribution in [0.1, 0.15) is 28.8 Å². The molecule has 162 valence electrons. The number of likely N-dealkylation sites (tertiary alicyclic amines) is 1. The number of halogens is 1. The molecule has 1 saturated heterocycles. The number of H-pyrrole nitrogens is 1. The molecule has 0 saturated carbocycles. The number of piperidine rings is 1. The highest BCUT2D eigenvalue weighted by Crippen LogP contribution is 2.17. The molecule has 2 heterocycles. The number of aromatic amines is 1. The number of para-hydroxylation sites is 1. The van der Waals surface area contributed by atoms with Crippen molar-refractivity contribution in [2.45, 2.75) is 25.3 Å². The van der Waals surface area contributed by atoms with Crippen molar-refractivity contribution in [2.24, 2.45) is 0 Å². The SMILES string of the molecule is O=C(CN1CCC(NC(=O)c2ccc(F)cc2)CC1)NCCc1c[nH]c2ccccc12. The van der Waals surface area contributed by atoms with Gasteiger partial charge in [0.25, 0.3) is 5.91 Å². The average Bonchev–Trinajstić information content (AvgIpc) is 3.19. The third-order valence-corrected chi connectivity index (χ3v) is 5.79. The summed E-state index contributed by atoms with van der Waals surface area (Å²) in [6.45, 7) is 2.48. The third kappa shape index (κ3) is 5.49. The van der Waals surface area contributed by atoms with E-state index in [2.05, 4.69) is 26.6 Å². The smallest absolute Gasteiger partial charge is 0.251 e. The molecule has 0 atom stereocenters. The summed E-state index contributed by atoms with van der Waals surface area (Å²) in [4.78, 5) is 29.9. The number of carbonyl (C=O) groups excluding carboxylic acids is 2. The van der Waals surface area contributed by atoms with Crippen LogP contribution in [-0.2, 0) is 11.2 Å². The highest BCUT2D eigenvalue weighted by molar-refractivity contribution is 5.94. The monoisotopic (exact) mass is 422 g/mol. The van der Waals surface area contributed by atoms with Gasteiger partial charge in [-0.3, -0.25) is 14.5 Å². The summed E-state index contributed by atoms with van der Waals surface area (Å²) in [5, 5.41) is 7.20. The Labute approximate surface area is 180 Å². The van der Waals surface area contributed by atoms with E-state index in [9.17, 15) is 14.0 Å². The summed E-state index contributed by atoms with van der Waals surface area (Å²) in [5.41, 5.74) is 2.77. The zero-order chi connectivity index (χ0) is 21.6. The van der Waals surface area contributed by atoms with Crippen molar-refractivity contribution in [3.05, 3.63) is 71.7 Å². The van der Waals surface area contributed by atoms with Crippen molar-refractivity contribution in [2.75, 3.05) is 26.2 Å². The van der Waals surface area contributed by atoms with Gasteiger partial charge in [0, 0.05) is 48.3 Å². The van der Waals surface area contributed by atoms with Crippen LogP contribution < -0.4 is 10.6 Å². The van der Waals surface area contributed by atoms with Crippen LogP contribution in [0.3, 0.4) is 0 Å². The van der Waals surface area contributed by atoms with Crippen LogP contribution in [0.2, 0.25) is 0 Å². The lowest BCUT2D eigenvalue weighted by atomic mass is 10.0. The Morgan fingerprint density at radius 2 is 1.81 bits per heavy atom. The molecule has 31 heavy (non-hydrogen) atoms. The van der Waals surface area contributed by atoms with Gasteiger partial charge in [-0.1, -0.05) is 18.2 Å². The van der Waals surface area contributed by atoms with Crippen LogP contribution in [0.5, 0.6) is 0 Å². The Morgan fingerprint density at radius 1 is 1.06 bits per heavy atom. The fourth-order valence-electron chi connectivity index (χ4n) is 4.04. The lowest BCUT2D eigenvalue weighted by Gasteiger charge is -2.31. The summed E-state index contributed by atoms with van der Waals surface area (Å²) in [6.07, 6.45) is 4.36. The third-order valence-electron chi connectivity index (χ3n) is 5.79. The Balaban J connectivity index is 1.16. The Kier molecular flexibility index (Phi) is 6.62. The zero-order valence-corrected chi connectivity index (χ0v) is 17.4. The molecule has 1 fully saturated rings. The van der Waals surface area contributed by atoms with Crippen molar-refractivity contribution in [3.63, 3.8) is 0 Å². The number of fused-ring (bicyclic) bond motifs is 1. The molecule has 1 aliphatic rings. The number of hydrogen-bond donors (Lipinski definition) is 3. The molecular weight excluding hydrogens is 395 g/mol. The fourth-order valence-corrected chi connectivity index (χ4v) is 4.04. The molecule has 0 unspecified atom stereocenters. The maximum absolute atomic E-state index is 13.0. The topological polar surface area (TPSA) is 77.2 Å². The van der Waals surface area contributed by atoms with E-state index < -0.39 is 0 Å². The molecule has 7 heteroatoms. The molecule has 0 radical (unpaired) electrons. The van der Waals surface area contributed by atoms with E-state index in [0.717, 1.165) is 37.9 Å². The number of nitrogens with one attached hydrogen (secondary N) is 3. The quantitative estimate of drug-likeness (QED) is 0.548. The van der Waals surface area contributed by atoms with E-state index in [0.29, 0.717) is 18.7 Å². The minimum atomic E-state index is -0.357. The van der Waals surface area contributed by atoms with E-state index in [1.807, 2.05) is 24.4 Å². The number of rotatable bonds is 7. The Morgan fingerprint density at radius 3 is 2.58 bits per heavy atom. The molecule has 6 nitrogen and oxygen atoms in total. The lowest BCUT2D eigenvalue weighted by Crippen LogP contribution is -2.47. The predicted molar refractivity (Wildman–Crippen MR) is 118 cm³/mol. The molecule has 2 aromatic carbocycles. The van der Waals surface area contributed by atoms with Gasteiger partial charge in [-0.2, -0.15) is 0 Å². The van der Waals surface area contributed by atoms with Gasteiger partial charge in [-0.25, -0.2) is 4.39 Å². The predicted octanol–water partition coefficient (Wildman–Crippen LogP) is 2.86. The first-order valence-electron chi connectivity index (χ1n) is 10.7. The van der Waals surface area contributed by atoms with Gasteiger partial charge in [0.05, 0.1) is 6.54 Å². The molecule has 0 bridgehead atoms. The number of carbonyl (C=O) groups is 2. The van der Waals surface area contributed by atoms with Crippen LogP contribution in [-0.4, -0.2) is 53.9 Å². The average molecular weight is 423 g/mol. The molecule has 0 aliphatic carbocycles. The van der Waals surface area contributed by atoms with Crippen molar-refractivity contribution < 1.29 is 14.0 Å². The summed E-state index contributed by atoms with van der Waals surface area (Å²) in [7, 11) is 0. The molecule has 3 aromatic rings. The summed E-state index contributed by atoms with van der Waals surface area (Å²) < 4.78 is 13.0. The number of aromatic nitrogens is 1. The van der Waals surface area contributed by atoms with E-state index in [4.69, 9.17) is 0 Å². The molecule has 1 aromatic heterocycles. The molecule has 0 spiro atoms. The van der Waals surface area contributed by atoms with Gasteiger partial charge < -0.3 is 15.6 Å². The maximum atomic E-state index is 13.0. The first-order valence-corrected chi connectivity index (χ1v) is 10.7. The Hall–Kier alpha value is -3.19. The second-order valence-electron chi connectivity index (χ2n) is 7.99. The molecule has 3 N–H and O–H groups in total. The number of amides is 2. The van der Waals surface area contributed by atoms with Crippen LogP contribution in [0, 0.1) is 5.82 Å². The minimum Gasteiger partial charge on any atom is -0.361 e. The van der Waals surface area contributed by atoms with E-state index >= 15 is 0 Å². The highest BCUT2D eigenvalue weighted by Gasteiger charge is 2.22. The molecule has 2 amide bonds. The first kappa shape index (κ1) is 21.1. The minimum absolute atomic E-state index is 0.0219. The second-order valence-corrected chi connectivity index (χ2v) is 7.99. The summed E-state index contributed by atoms with van der Waals surface area (Å²) in [5.74, 6) is -0.522. The molecule has 1 aliphatic heterocycles. The fraction of sp³-hybridized carbons (Fsp3) is 0.333. The number of nitrogens with zero attached hydrogens (tertiary/aromatic N) is 1. The maximum Gasteiger partial charge on any atom is 0.251 e. The van der Waals surface area contributed by atoms with E-state index in [-0.39, 0.29) is 23.7 Å². The normalized spacial score (nSPS) is 15.1. The van der Waals surface area contributed by atoms with E-state index in [1.165, 1.54) is 35.2 Å².